The van der Waals surface area contributed by atoms with Crippen LogP contribution in [0.15, 0.2) is 16.7 Å². The summed E-state index contributed by atoms with van der Waals surface area (Å²) >= 11 is 4.63. The second-order valence-corrected chi connectivity index (χ2v) is 3.33. The Kier molecular flexibility index (Phi) is 2.36. The van der Waals surface area contributed by atoms with Crippen LogP contribution in [0.5, 0.6) is 0 Å². The minimum absolute atomic E-state index is 0.0369. The van der Waals surface area contributed by atoms with Gasteiger partial charge in [-0.25, -0.2) is 13.9 Å². The SMILES string of the molecule is Cc1ccc(F)c(F)c1-c1nc(=S)o[nH]1. The number of aromatic nitrogens is 2. The van der Waals surface area contributed by atoms with E-state index in [1.807, 2.05) is 0 Å². The minimum Gasteiger partial charge on any atom is -0.348 e. The van der Waals surface area contributed by atoms with Crippen molar-refractivity contribution in [2.24, 2.45) is 0 Å². The summed E-state index contributed by atoms with van der Waals surface area (Å²) in [6, 6.07) is 2.52. The lowest BCUT2D eigenvalue weighted by atomic mass is 10.1. The van der Waals surface area contributed by atoms with Crippen LogP contribution in [-0.4, -0.2) is 10.1 Å². The van der Waals surface area contributed by atoms with Crippen LogP contribution in [-0.2, 0) is 0 Å². The molecule has 3 nitrogen and oxygen atoms in total. The van der Waals surface area contributed by atoms with Gasteiger partial charge in [-0.05, 0) is 30.8 Å². The zero-order valence-corrected chi connectivity index (χ0v) is 8.49. The zero-order chi connectivity index (χ0) is 11.0. The monoisotopic (exact) mass is 228 g/mol. The highest BCUT2D eigenvalue weighted by Gasteiger charge is 2.15. The number of hydrogen-bond acceptors (Lipinski definition) is 3. The van der Waals surface area contributed by atoms with E-state index in [4.69, 9.17) is 0 Å². The van der Waals surface area contributed by atoms with Crippen LogP contribution in [0.4, 0.5) is 8.78 Å². The fourth-order valence-electron chi connectivity index (χ4n) is 1.27. The Balaban J connectivity index is 2.71. The quantitative estimate of drug-likeness (QED) is 0.763. The molecule has 1 aromatic carbocycles. The Morgan fingerprint density at radius 3 is 2.73 bits per heavy atom. The van der Waals surface area contributed by atoms with Crippen molar-refractivity contribution in [3.05, 3.63) is 34.2 Å². The smallest absolute Gasteiger partial charge is 0.314 e. The van der Waals surface area contributed by atoms with Crippen molar-refractivity contribution in [1.82, 2.24) is 10.1 Å². The van der Waals surface area contributed by atoms with Gasteiger partial charge >= 0.3 is 4.84 Å². The first-order valence-electron chi connectivity index (χ1n) is 4.10. The van der Waals surface area contributed by atoms with Crippen molar-refractivity contribution in [2.45, 2.75) is 6.92 Å². The van der Waals surface area contributed by atoms with E-state index in [9.17, 15) is 8.78 Å². The molecule has 78 valence electrons. The molecule has 1 N–H and O–H groups in total. The van der Waals surface area contributed by atoms with Crippen molar-refractivity contribution >= 4 is 12.2 Å². The molecule has 0 atom stereocenters. The molecule has 15 heavy (non-hydrogen) atoms. The summed E-state index contributed by atoms with van der Waals surface area (Å²) in [5.41, 5.74) is 0.586. The van der Waals surface area contributed by atoms with Gasteiger partial charge < -0.3 is 4.52 Å². The average Bonchev–Trinajstić information content (AvgIpc) is 2.59. The predicted octanol–water partition coefficient (Wildman–Crippen LogP) is 2.99. The van der Waals surface area contributed by atoms with Crippen molar-refractivity contribution in [1.29, 1.82) is 0 Å². The first-order chi connectivity index (χ1) is 7.09. The Morgan fingerprint density at radius 1 is 1.40 bits per heavy atom. The number of rotatable bonds is 1. The van der Waals surface area contributed by atoms with Crippen molar-refractivity contribution in [2.75, 3.05) is 0 Å². The largest absolute Gasteiger partial charge is 0.348 e. The fraction of sp³-hybridized carbons (Fsp3) is 0.111. The van der Waals surface area contributed by atoms with Gasteiger partial charge in [-0.15, -0.1) is 0 Å². The number of H-pyrrole nitrogens is 1. The van der Waals surface area contributed by atoms with Crippen molar-refractivity contribution in [3.8, 4) is 11.4 Å². The molecule has 0 fully saturated rings. The number of aromatic amines is 1. The molecule has 0 aliphatic carbocycles. The highest BCUT2D eigenvalue weighted by atomic mass is 32.1. The van der Waals surface area contributed by atoms with Gasteiger partial charge in [0, 0.05) is 0 Å². The summed E-state index contributed by atoms with van der Waals surface area (Å²) in [6.45, 7) is 1.64. The molecular formula is C9H6F2N2OS. The van der Waals surface area contributed by atoms with Gasteiger partial charge in [0.25, 0.3) is 0 Å². The van der Waals surface area contributed by atoms with Gasteiger partial charge in [-0.2, -0.15) is 4.98 Å². The molecule has 0 bridgehead atoms. The van der Waals surface area contributed by atoms with Crippen molar-refractivity contribution in [3.63, 3.8) is 0 Å². The first kappa shape index (κ1) is 9.97. The number of aryl methyl sites for hydroxylation is 1. The highest BCUT2D eigenvalue weighted by molar-refractivity contribution is 7.71. The molecular weight excluding hydrogens is 222 g/mol. The lowest BCUT2D eigenvalue weighted by molar-refractivity contribution is 0.405. The number of nitrogens with one attached hydrogen (secondary N) is 1. The Morgan fingerprint density at radius 2 is 2.13 bits per heavy atom. The van der Waals surface area contributed by atoms with E-state index in [0.717, 1.165) is 6.07 Å². The third-order valence-corrected chi connectivity index (χ3v) is 2.15. The summed E-state index contributed by atoms with van der Waals surface area (Å²) < 4.78 is 31.1. The van der Waals surface area contributed by atoms with Crippen LogP contribution in [0.2, 0.25) is 0 Å². The third kappa shape index (κ3) is 1.68. The number of benzene rings is 1. The molecule has 1 aromatic heterocycles. The molecule has 0 aliphatic rings. The molecule has 0 amide bonds. The second kappa shape index (κ2) is 3.54. The topological polar surface area (TPSA) is 41.8 Å². The van der Waals surface area contributed by atoms with Gasteiger partial charge in [0.05, 0.1) is 5.56 Å². The molecule has 0 saturated heterocycles. The van der Waals surface area contributed by atoms with Gasteiger partial charge in [0.1, 0.15) is 0 Å². The van der Waals surface area contributed by atoms with Crippen LogP contribution in [0.25, 0.3) is 11.4 Å². The number of hydrogen-bond donors (Lipinski definition) is 1. The molecule has 0 spiro atoms. The number of nitrogens with zero attached hydrogens (tertiary/aromatic N) is 1. The summed E-state index contributed by atoms with van der Waals surface area (Å²) in [6.07, 6.45) is 0. The summed E-state index contributed by atoms with van der Waals surface area (Å²) in [5, 5.41) is 2.33. The van der Waals surface area contributed by atoms with Crippen LogP contribution < -0.4 is 0 Å². The maximum Gasteiger partial charge on any atom is 0.314 e. The Labute approximate surface area is 88.7 Å². The van der Waals surface area contributed by atoms with E-state index in [-0.39, 0.29) is 16.2 Å². The van der Waals surface area contributed by atoms with Crippen LogP contribution in [0, 0.1) is 23.4 Å². The van der Waals surface area contributed by atoms with Crippen molar-refractivity contribution < 1.29 is 13.3 Å². The Bertz CT molecular complexity index is 561. The predicted molar refractivity (Wildman–Crippen MR) is 51.8 cm³/mol. The highest BCUT2D eigenvalue weighted by Crippen LogP contribution is 2.25. The maximum absolute atomic E-state index is 13.4. The van der Waals surface area contributed by atoms with E-state index in [1.165, 1.54) is 6.07 Å². The molecule has 6 heteroatoms. The van der Waals surface area contributed by atoms with Gasteiger partial charge in [0.2, 0.25) is 0 Å². The van der Waals surface area contributed by atoms with Gasteiger partial charge in [-0.3, -0.25) is 0 Å². The lowest BCUT2D eigenvalue weighted by Crippen LogP contribution is -1.94. The van der Waals surface area contributed by atoms with E-state index in [2.05, 4.69) is 26.9 Å². The lowest BCUT2D eigenvalue weighted by Gasteiger charge is -2.03. The molecule has 2 rings (SSSR count). The molecule has 1 heterocycles. The van der Waals surface area contributed by atoms with E-state index >= 15 is 0 Å². The zero-order valence-electron chi connectivity index (χ0n) is 7.67. The fourth-order valence-corrected chi connectivity index (χ4v) is 1.41. The minimum atomic E-state index is -0.963. The van der Waals surface area contributed by atoms with Crippen LogP contribution >= 0.6 is 12.2 Å². The average molecular weight is 228 g/mol. The van der Waals surface area contributed by atoms with E-state index in [1.54, 1.807) is 6.92 Å². The standard InChI is InChI=1S/C9H6F2N2OS/c1-4-2-3-5(10)7(11)6(4)8-12-9(15)14-13-8/h2-3H,1H3,(H,12,13,15). The summed E-state index contributed by atoms with van der Waals surface area (Å²) in [5.74, 6) is -1.80. The molecule has 0 saturated carbocycles. The van der Waals surface area contributed by atoms with E-state index < -0.39 is 11.6 Å². The third-order valence-electron chi connectivity index (χ3n) is 1.98. The molecule has 0 unspecified atom stereocenters. The number of halogens is 2. The normalized spacial score (nSPS) is 10.6. The molecule has 2 aromatic rings. The Hall–Kier alpha value is -1.56. The van der Waals surface area contributed by atoms with Crippen LogP contribution in [0.1, 0.15) is 5.56 Å². The first-order valence-corrected chi connectivity index (χ1v) is 4.51. The maximum atomic E-state index is 13.4. The van der Waals surface area contributed by atoms with Gasteiger partial charge in [0.15, 0.2) is 17.5 Å². The van der Waals surface area contributed by atoms with E-state index in [0.29, 0.717) is 5.56 Å². The molecule has 0 radical (unpaired) electrons. The summed E-state index contributed by atoms with van der Waals surface area (Å²) in [4.78, 5) is 3.68. The van der Waals surface area contributed by atoms with Gasteiger partial charge in [-0.1, -0.05) is 6.07 Å². The summed E-state index contributed by atoms with van der Waals surface area (Å²) in [7, 11) is 0. The second-order valence-electron chi connectivity index (χ2n) is 2.98. The molecule has 0 aliphatic heterocycles. The van der Waals surface area contributed by atoms with Crippen LogP contribution in [0.3, 0.4) is 0 Å².